The molecule has 1 aromatic carbocycles. The number of rotatable bonds is 5. The Hall–Kier alpha value is -1.33. The predicted octanol–water partition coefficient (Wildman–Crippen LogP) is -2.47. The molecule has 0 radical (unpaired) electrons. The van der Waals surface area contributed by atoms with Crippen molar-refractivity contribution in [2.75, 3.05) is 26.9 Å². The molecule has 19 heavy (non-hydrogen) atoms. The third-order valence-electron chi connectivity index (χ3n) is 2.84. The fourth-order valence-corrected chi connectivity index (χ4v) is 1.97. The number of nitrogens with zero attached hydrogens (tertiary/aromatic N) is 1. The summed E-state index contributed by atoms with van der Waals surface area (Å²) in [7, 11) is 2.07. The summed E-state index contributed by atoms with van der Waals surface area (Å²) in [6, 6.07) is 7.37. The lowest BCUT2D eigenvalue weighted by molar-refractivity contribution is -0.826. The zero-order valence-electron chi connectivity index (χ0n) is 11.2. The molecule has 1 aromatic rings. The highest BCUT2D eigenvalue weighted by Crippen LogP contribution is 2.14. The second-order valence-corrected chi connectivity index (χ2v) is 4.45. The molecule has 0 spiro atoms. The smallest absolute Gasteiger partial charge is 0.182 e. The van der Waals surface area contributed by atoms with Gasteiger partial charge in [0.1, 0.15) is 11.9 Å². The van der Waals surface area contributed by atoms with Crippen LogP contribution in [0.2, 0.25) is 0 Å². The van der Waals surface area contributed by atoms with Gasteiger partial charge in [0.25, 0.3) is 0 Å². The highest BCUT2D eigenvalue weighted by Gasteiger charge is 2.17. The van der Waals surface area contributed by atoms with E-state index in [1.165, 1.54) is 4.90 Å². The number of carbonyl (C=O) groups is 1. The van der Waals surface area contributed by atoms with Crippen LogP contribution in [0.4, 0.5) is 0 Å². The summed E-state index contributed by atoms with van der Waals surface area (Å²) in [5.41, 5.74) is 0.707. The van der Waals surface area contributed by atoms with Crippen LogP contribution in [0.5, 0.6) is 5.75 Å². The first-order valence-electron chi connectivity index (χ1n) is 6.20. The Labute approximate surface area is 124 Å². The second-order valence-electron chi connectivity index (χ2n) is 4.45. The van der Waals surface area contributed by atoms with E-state index in [2.05, 4.69) is 7.05 Å². The SMILES string of the molecule is CCOc1cccc(C(=O)CN2C=C[NH+](C)C2)c1.[Br-]. The Morgan fingerprint density at radius 3 is 2.89 bits per heavy atom. The molecule has 1 heterocycles. The largest absolute Gasteiger partial charge is 1.00 e. The standard InChI is InChI=1S/C14H18N2O2.BrH/c1-3-18-13-6-4-5-12(9-13)14(17)10-16-8-7-15(2)11-16;/h4-9H,3,10-11H2,1-2H3;1H. The van der Waals surface area contributed by atoms with Crippen molar-refractivity contribution in [1.29, 1.82) is 0 Å². The van der Waals surface area contributed by atoms with Crippen LogP contribution in [-0.4, -0.2) is 37.6 Å². The number of hydrogen-bond donors (Lipinski definition) is 1. The van der Waals surface area contributed by atoms with E-state index >= 15 is 0 Å². The summed E-state index contributed by atoms with van der Waals surface area (Å²) in [5.74, 6) is 0.874. The fraction of sp³-hybridized carbons (Fsp3) is 0.357. The van der Waals surface area contributed by atoms with Crippen molar-refractivity contribution in [3.8, 4) is 5.75 Å². The van der Waals surface area contributed by atoms with Gasteiger partial charge in [0.15, 0.2) is 12.5 Å². The summed E-state index contributed by atoms with van der Waals surface area (Å²) in [6.45, 7) is 3.81. The van der Waals surface area contributed by atoms with Crippen LogP contribution in [-0.2, 0) is 0 Å². The van der Waals surface area contributed by atoms with Gasteiger partial charge in [-0.1, -0.05) is 12.1 Å². The highest BCUT2D eigenvalue weighted by molar-refractivity contribution is 5.98. The minimum atomic E-state index is 0. The molecule has 1 aliphatic heterocycles. The molecule has 4 nitrogen and oxygen atoms in total. The molecule has 0 amide bonds. The maximum atomic E-state index is 12.1. The Bertz CT molecular complexity index is 463. The van der Waals surface area contributed by atoms with E-state index in [1.54, 1.807) is 0 Å². The van der Waals surface area contributed by atoms with E-state index < -0.39 is 0 Å². The lowest BCUT2D eigenvalue weighted by Crippen LogP contribution is -3.03. The van der Waals surface area contributed by atoms with Crippen LogP contribution in [0.25, 0.3) is 0 Å². The lowest BCUT2D eigenvalue weighted by atomic mass is 10.1. The summed E-state index contributed by atoms with van der Waals surface area (Å²) in [4.78, 5) is 15.4. The Morgan fingerprint density at radius 1 is 1.47 bits per heavy atom. The van der Waals surface area contributed by atoms with Gasteiger partial charge < -0.3 is 26.6 Å². The Balaban J connectivity index is 0.00000180. The van der Waals surface area contributed by atoms with Crippen molar-refractivity contribution < 1.29 is 31.4 Å². The quantitative estimate of drug-likeness (QED) is 0.609. The molecule has 0 saturated heterocycles. The number of ketones is 1. The fourth-order valence-electron chi connectivity index (χ4n) is 1.97. The van der Waals surface area contributed by atoms with Crippen molar-refractivity contribution in [3.63, 3.8) is 0 Å². The Kier molecular flexibility index (Phi) is 6.05. The number of quaternary nitrogens is 1. The van der Waals surface area contributed by atoms with Gasteiger partial charge in [0.05, 0.1) is 26.4 Å². The van der Waals surface area contributed by atoms with Gasteiger partial charge in [-0.15, -0.1) is 0 Å². The van der Waals surface area contributed by atoms with Gasteiger partial charge >= 0.3 is 0 Å². The van der Waals surface area contributed by atoms with Crippen LogP contribution in [0.15, 0.2) is 36.7 Å². The van der Waals surface area contributed by atoms with E-state index in [4.69, 9.17) is 4.74 Å². The number of hydrogen-bond acceptors (Lipinski definition) is 3. The molecule has 1 aliphatic rings. The van der Waals surface area contributed by atoms with Crippen LogP contribution < -0.4 is 26.6 Å². The van der Waals surface area contributed by atoms with Gasteiger partial charge in [0.2, 0.25) is 0 Å². The van der Waals surface area contributed by atoms with Crippen molar-refractivity contribution in [3.05, 3.63) is 42.2 Å². The maximum absolute atomic E-state index is 12.1. The predicted molar refractivity (Wildman–Crippen MR) is 69.5 cm³/mol. The van der Waals surface area contributed by atoms with Crippen LogP contribution in [0.3, 0.4) is 0 Å². The highest BCUT2D eigenvalue weighted by atomic mass is 79.9. The third kappa shape index (κ3) is 4.36. The molecule has 1 unspecified atom stereocenters. The molecule has 1 atom stereocenters. The van der Waals surface area contributed by atoms with E-state index in [0.29, 0.717) is 18.7 Å². The number of carbonyl (C=O) groups excluding carboxylic acids is 1. The van der Waals surface area contributed by atoms with Gasteiger partial charge in [0, 0.05) is 5.56 Å². The summed E-state index contributed by atoms with van der Waals surface area (Å²) in [5, 5.41) is 0. The van der Waals surface area contributed by atoms with Gasteiger partial charge in [-0.2, -0.15) is 0 Å². The van der Waals surface area contributed by atoms with E-state index in [1.807, 2.05) is 48.5 Å². The van der Waals surface area contributed by atoms with Gasteiger partial charge in [-0.3, -0.25) is 9.69 Å². The molecule has 5 heteroatoms. The van der Waals surface area contributed by atoms with Gasteiger partial charge in [-0.25, -0.2) is 0 Å². The average molecular weight is 327 g/mol. The first kappa shape index (κ1) is 15.7. The normalized spacial score (nSPS) is 17.2. The molecule has 0 aromatic heterocycles. The van der Waals surface area contributed by atoms with E-state index in [0.717, 1.165) is 12.4 Å². The molecule has 1 N–H and O–H groups in total. The van der Waals surface area contributed by atoms with Crippen molar-refractivity contribution in [2.45, 2.75) is 6.92 Å². The molecule has 0 aliphatic carbocycles. The minimum absolute atomic E-state index is 0. The van der Waals surface area contributed by atoms with Crippen LogP contribution in [0, 0.1) is 0 Å². The van der Waals surface area contributed by atoms with E-state index in [-0.39, 0.29) is 22.8 Å². The van der Waals surface area contributed by atoms with Crippen LogP contribution >= 0.6 is 0 Å². The molecular weight excluding hydrogens is 308 g/mol. The molecule has 104 valence electrons. The maximum Gasteiger partial charge on any atom is 0.182 e. The number of benzene rings is 1. The number of halogens is 1. The lowest BCUT2D eigenvalue weighted by Gasteiger charge is -2.14. The monoisotopic (exact) mass is 326 g/mol. The van der Waals surface area contributed by atoms with Crippen molar-refractivity contribution >= 4 is 5.78 Å². The summed E-state index contributed by atoms with van der Waals surface area (Å²) in [6.07, 6.45) is 4.02. The zero-order valence-corrected chi connectivity index (χ0v) is 12.8. The first-order chi connectivity index (χ1) is 8.69. The zero-order chi connectivity index (χ0) is 13.0. The Morgan fingerprint density at radius 2 is 2.26 bits per heavy atom. The van der Waals surface area contributed by atoms with Crippen molar-refractivity contribution in [2.24, 2.45) is 0 Å². The average Bonchev–Trinajstić information content (AvgIpc) is 2.75. The molecular formula is C14H19BrN2O2. The summed E-state index contributed by atoms with van der Waals surface area (Å²) < 4.78 is 5.40. The number of Topliss-reactive ketones (excluding diaryl/α,β-unsaturated/α-hetero) is 1. The third-order valence-corrected chi connectivity index (χ3v) is 2.84. The topological polar surface area (TPSA) is 34.0 Å². The first-order valence-corrected chi connectivity index (χ1v) is 6.20. The number of nitrogens with one attached hydrogen (secondary N) is 1. The summed E-state index contributed by atoms with van der Waals surface area (Å²) >= 11 is 0. The molecule has 2 rings (SSSR count). The van der Waals surface area contributed by atoms with Gasteiger partial charge in [-0.05, 0) is 19.1 Å². The van der Waals surface area contributed by atoms with E-state index in [9.17, 15) is 4.79 Å². The number of ether oxygens (including phenoxy) is 1. The van der Waals surface area contributed by atoms with Crippen molar-refractivity contribution in [1.82, 2.24) is 4.90 Å². The molecule has 0 bridgehead atoms. The molecule has 0 fully saturated rings. The molecule has 0 saturated carbocycles. The van der Waals surface area contributed by atoms with Crippen LogP contribution in [0.1, 0.15) is 17.3 Å². The second kappa shape index (κ2) is 7.31. The minimum Gasteiger partial charge on any atom is -1.00 e.